The molecule has 0 saturated carbocycles. The van der Waals surface area contributed by atoms with Gasteiger partial charge in [0.15, 0.2) is 16.3 Å². The first-order valence-electron chi connectivity index (χ1n) is 15.1. The predicted molar refractivity (Wildman–Crippen MR) is 208 cm³/mol. The van der Waals surface area contributed by atoms with Gasteiger partial charge in [-0.05, 0) is 94.1 Å². The van der Waals surface area contributed by atoms with Crippen LogP contribution in [-0.2, 0) is 16.1 Å². The van der Waals surface area contributed by atoms with Crippen LogP contribution in [0.15, 0.2) is 100 Å². The van der Waals surface area contributed by atoms with Crippen LogP contribution in [0.25, 0.3) is 11.8 Å². The Hall–Kier alpha value is -3.66. The van der Waals surface area contributed by atoms with E-state index < -0.39 is 12.0 Å². The van der Waals surface area contributed by atoms with Crippen molar-refractivity contribution in [1.29, 1.82) is 0 Å². The third-order valence-electron chi connectivity index (χ3n) is 7.75. The maximum absolute atomic E-state index is 14.5. The normalized spacial score (nSPS) is 14.2. The number of nitrogens with zero attached hydrogens (tertiary/aromatic N) is 2. The number of methoxy groups -OCH3 is 2. The van der Waals surface area contributed by atoms with Crippen LogP contribution >= 0.6 is 68.1 Å². The summed E-state index contributed by atoms with van der Waals surface area (Å²) in [5.74, 6) is 1.03. The molecule has 0 fully saturated rings. The predicted octanol–water partition coefficient (Wildman–Crippen LogP) is 7.39. The van der Waals surface area contributed by atoms with Gasteiger partial charge in [-0.2, -0.15) is 0 Å². The van der Waals surface area contributed by atoms with Crippen molar-refractivity contribution in [3.05, 3.63) is 145 Å². The molecule has 0 aliphatic carbocycles. The number of benzene rings is 4. The number of halogens is 3. The summed E-state index contributed by atoms with van der Waals surface area (Å²) in [5, 5.41) is 0.611. The van der Waals surface area contributed by atoms with E-state index in [1.54, 1.807) is 37.8 Å². The van der Waals surface area contributed by atoms with Crippen LogP contribution in [0.3, 0.4) is 0 Å². The Balaban J connectivity index is 1.59. The first-order valence-corrected chi connectivity index (χ1v) is 18.4. The van der Waals surface area contributed by atoms with Gasteiger partial charge in [0.2, 0.25) is 0 Å². The highest BCUT2D eigenvalue weighted by Crippen LogP contribution is 2.38. The molecule has 2 heterocycles. The maximum Gasteiger partial charge on any atom is 0.338 e. The Labute approximate surface area is 318 Å². The Morgan fingerprint density at radius 3 is 2.43 bits per heavy atom. The summed E-state index contributed by atoms with van der Waals surface area (Å²) >= 11 is 12.1. The molecular weight excluding hydrogens is 890 g/mol. The number of ether oxygens (including phenoxy) is 4. The molecule has 0 N–H and O–H groups in total. The lowest BCUT2D eigenvalue weighted by Gasteiger charge is -2.26. The van der Waals surface area contributed by atoms with Gasteiger partial charge in [0.1, 0.15) is 12.4 Å². The third-order valence-corrected chi connectivity index (χ3v) is 10.5. The summed E-state index contributed by atoms with van der Waals surface area (Å²) in [4.78, 5) is 33.8. The quantitative estimate of drug-likeness (QED) is 0.107. The van der Waals surface area contributed by atoms with Gasteiger partial charge in [0, 0.05) is 25.3 Å². The topological polar surface area (TPSA) is 88.4 Å². The number of esters is 1. The number of hydrogen-bond acceptors (Lipinski definition) is 8. The highest BCUT2D eigenvalue weighted by Gasteiger charge is 2.35. The summed E-state index contributed by atoms with van der Waals surface area (Å²) in [5.41, 5.74) is 3.28. The zero-order valence-corrected chi connectivity index (χ0v) is 32.4. The molecule has 0 radical (unpaired) electrons. The third kappa shape index (κ3) is 7.30. The van der Waals surface area contributed by atoms with Crippen molar-refractivity contribution < 1.29 is 23.7 Å². The van der Waals surface area contributed by atoms with Crippen molar-refractivity contribution in [2.75, 3.05) is 20.8 Å². The number of carbonyl (C=O) groups excluding carboxylic acids is 1. The van der Waals surface area contributed by atoms with Crippen molar-refractivity contribution in [3.8, 4) is 17.2 Å². The molecule has 1 aromatic heterocycles. The number of fused-ring (bicyclic) bond motifs is 1. The lowest BCUT2D eigenvalue weighted by atomic mass is 9.93. The van der Waals surface area contributed by atoms with Crippen LogP contribution in [0, 0.1) is 7.14 Å². The van der Waals surface area contributed by atoms with Gasteiger partial charge >= 0.3 is 5.97 Å². The fourth-order valence-corrected chi connectivity index (χ4v) is 8.75. The molecule has 4 aromatic carbocycles. The van der Waals surface area contributed by atoms with Crippen LogP contribution in [0.1, 0.15) is 35.2 Å². The van der Waals surface area contributed by atoms with E-state index in [0.29, 0.717) is 42.9 Å². The van der Waals surface area contributed by atoms with Crippen LogP contribution in [0.2, 0.25) is 5.02 Å². The fraction of sp³-hybridized carbons (Fsp3) is 0.162. The second kappa shape index (κ2) is 15.5. The van der Waals surface area contributed by atoms with Gasteiger partial charge in [-0.15, -0.1) is 0 Å². The summed E-state index contributed by atoms with van der Waals surface area (Å²) in [6.07, 6.45) is 1.82. The van der Waals surface area contributed by atoms with Gasteiger partial charge in [-0.25, -0.2) is 9.79 Å². The molecular formula is C37H29ClI2N2O6S. The second-order valence-electron chi connectivity index (χ2n) is 10.7. The van der Waals surface area contributed by atoms with Gasteiger partial charge in [-0.1, -0.05) is 77.5 Å². The van der Waals surface area contributed by atoms with Crippen molar-refractivity contribution in [3.63, 3.8) is 0 Å². The van der Waals surface area contributed by atoms with Gasteiger partial charge < -0.3 is 18.9 Å². The molecule has 0 amide bonds. The van der Waals surface area contributed by atoms with Crippen molar-refractivity contribution in [2.45, 2.75) is 19.6 Å². The van der Waals surface area contributed by atoms with Crippen LogP contribution in [0.5, 0.6) is 17.2 Å². The molecule has 6 rings (SSSR count). The molecule has 0 unspecified atom stereocenters. The van der Waals surface area contributed by atoms with Crippen molar-refractivity contribution >= 4 is 85.9 Å². The lowest BCUT2D eigenvalue weighted by molar-refractivity contribution is -0.138. The van der Waals surface area contributed by atoms with Crippen molar-refractivity contribution in [2.24, 2.45) is 4.99 Å². The molecule has 8 nitrogen and oxygen atoms in total. The van der Waals surface area contributed by atoms with Crippen LogP contribution in [0.4, 0.5) is 0 Å². The largest absolute Gasteiger partial charge is 0.493 e. The summed E-state index contributed by atoms with van der Waals surface area (Å²) in [6.45, 7) is 2.14. The molecule has 0 bridgehead atoms. The van der Waals surface area contributed by atoms with E-state index in [1.807, 2.05) is 78.9 Å². The number of carbonyl (C=O) groups is 1. The number of hydrogen-bond donors (Lipinski definition) is 0. The molecule has 0 saturated heterocycles. The number of aromatic nitrogens is 1. The standard InChI is InChI=1S/C37H29ClI2N2O6S/c1-4-47-36(44)31-32(21-10-6-5-7-11-21)41-37-42(33(31)22-14-15-28(45-2)29(17-22)46-3)35(43)30(49-37)18-24-16-25(39)19-27(40)34(24)48-20-23-12-8-9-13-26(23)38/h5-19,33H,4,20H2,1-3H3/b30-18-/t33-/m1/s1. The Morgan fingerprint density at radius 2 is 1.71 bits per heavy atom. The van der Waals surface area contributed by atoms with Crippen molar-refractivity contribution in [1.82, 2.24) is 4.57 Å². The molecule has 1 aliphatic heterocycles. The molecule has 5 aromatic rings. The van der Waals surface area contributed by atoms with E-state index in [0.717, 1.165) is 23.8 Å². The Bertz CT molecular complexity index is 2270. The summed E-state index contributed by atoms with van der Waals surface area (Å²) in [7, 11) is 3.09. The smallest absolute Gasteiger partial charge is 0.338 e. The van der Waals surface area contributed by atoms with E-state index >= 15 is 0 Å². The average Bonchev–Trinajstić information content (AvgIpc) is 3.41. The van der Waals surface area contributed by atoms with Gasteiger partial charge in [0.05, 0.1) is 46.2 Å². The maximum atomic E-state index is 14.5. The molecule has 0 spiro atoms. The van der Waals surface area contributed by atoms with Crippen LogP contribution in [-0.4, -0.2) is 31.4 Å². The monoisotopic (exact) mass is 918 g/mol. The minimum Gasteiger partial charge on any atom is -0.493 e. The highest BCUT2D eigenvalue weighted by atomic mass is 127. The first-order chi connectivity index (χ1) is 23.7. The molecule has 12 heteroatoms. The van der Waals surface area contributed by atoms with E-state index in [2.05, 4.69) is 45.2 Å². The zero-order valence-electron chi connectivity index (χ0n) is 26.5. The summed E-state index contributed by atoms with van der Waals surface area (Å²) < 4.78 is 26.9. The summed E-state index contributed by atoms with van der Waals surface area (Å²) in [6, 6.07) is 25.4. The second-order valence-corrected chi connectivity index (χ2v) is 14.6. The minimum absolute atomic E-state index is 0.149. The number of thiazole rings is 1. The van der Waals surface area contributed by atoms with Gasteiger partial charge in [0.25, 0.3) is 5.56 Å². The van der Waals surface area contributed by atoms with E-state index in [9.17, 15) is 9.59 Å². The lowest BCUT2D eigenvalue weighted by Crippen LogP contribution is -2.40. The average molecular weight is 919 g/mol. The molecule has 1 atom stereocenters. The minimum atomic E-state index is -0.876. The Morgan fingerprint density at radius 1 is 0.980 bits per heavy atom. The van der Waals surface area contributed by atoms with E-state index in [4.69, 9.17) is 35.5 Å². The van der Waals surface area contributed by atoms with E-state index in [1.165, 1.54) is 11.3 Å². The van der Waals surface area contributed by atoms with Crippen LogP contribution < -0.4 is 29.1 Å². The molecule has 1 aliphatic rings. The SMILES string of the molecule is CCOC(=O)C1=C(c2ccccc2)N=c2s/c(=C\c3cc(I)cc(I)c3OCc3ccccc3Cl)c(=O)n2[C@@H]1c1ccc(OC)c(OC)c1. The fourth-order valence-electron chi connectivity index (χ4n) is 5.53. The van der Waals surface area contributed by atoms with E-state index in [-0.39, 0.29) is 24.3 Å². The highest BCUT2D eigenvalue weighted by molar-refractivity contribution is 14.1. The zero-order chi connectivity index (χ0) is 34.7. The number of rotatable bonds is 10. The first kappa shape index (κ1) is 35.2. The molecule has 49 heavy (non-hydrogen) atoms. The Kier molecular flexibility index (Phi) is 11.1. The molecule has 250 valence electrons. The van der Waals surface area contributed by atoms with Gasteiger partial charge in [-0.3, -0.25) is 9.36 Å².